The van der Waals surface area contributed by atoms with Gasteiger partial charge in [0.25, 0.3) is 0 Å². The van der Waals surface area contributed by atoms with Gasteiger partial charge in [0.05, 0.1) is 5.02 Å². The fourth-order valence-corrected chi connectivity index (χ4v) is 3.88. The Labute approximate surface area is 135 Å². The minimum Gasteiger partial charge on any atom is -0.308 e. The summed E-state index contributed by atoms with van der Waals surface area (Å²) in [6.07, 6.45) is 0. The van der Waals surface area contributed by atoms with Crippen molar-refractivity contribution in [2.75, 3.05) is 34.2 Å². The van der Waals surface area contributed by atoms with Gasteiger partial charge in [0, 0.05) is 31.0 Å². The molecule has 0 fully saturated rings. The number of sulfonamides is 1. The number of rotatable bonds is 6. The molecule has 0 atom stereocenters. The molecule has 0 aliphatic carbocycles. The average Bonchev–Trinajstić information content (AvgIpc) is 2.37. The van der Waals surface area contributed by atoms with Gasteiger partial charge in [0.2, 0.25) is 10.0 Å². The highest BCUT2D eigenvalue weighted by atomic mass is 35.5. The smallest absolute Gasteiger partial charge is 0.244 e. The third-order valence-electron chi connectivity index (χ3n) is 2.77. The lowest BCUT2D eigenvalue weighted by molar-refractivity contribution is 0.358. The molecule has 0 aliphatic rings. The van der Waals surface area contributed by atoms with E-state index in [1.54, 1.807) is 6.07 Å². The minimum atomic E-state index is -3.69. The van der Waals surface area contributed by atoms with Crippen LogP contribution in [0.2, 0.25) is 10.0 Å². The highest BCUT2D eigenvalue weighted by Gasteiger charge is 2.25. The summed E-state index contributed by atoms with van der Waals surface area (Å²) in [5.74, 6) is 0.101. The van der Waals surface area contributed by atoms with Crippen LogP contribution in [0.15, 0.2) is 17.0 Å². The van der Waals surface area contributed by atoms with Gasteiger partial charge in [-0.3, -0.25) is 0 Å². The van der Waals surface area contributed by atoms with E-state index in [1.807, 2.05) is 19.0 Å². The molecular formula is C12H17Cl3N2O2S. The highest BCUT2D eigenvalue weighted by molar-refractivity contribution is 7.89. The summed E-state index contributed by atoms with van der Waals surface area (Å²) in [4.78, 5) is 1.89. The monoisotopic (exact) mass is 358 g/mol. The first-order valence-electron chi connectivity index (χ1n) is 5.85. The second-order valence-corrected chi connectivity index (χ2v) is 7.74. The van der Waals surface area contributed by atoms with Crippen molar-refractivity contribution in [1.82, 2.24) is 9.21 Å². The van der Waals surface area contributed by atoms with Crippen LogP contribution in [0.5, 0.6) is 0 Å². The molecule has 0 unspecified atom stereocenters. The van der Waals surface area contributed by atoms with E-state index in [2.05, 4.69) is 0 Å². The largest absolute Gasteiger partial charge is 0.308 e. The van der Waals surface area contributed by atoms with E-state index in [0.29, 0.717) is 23.7 Å². The molecule has 0 radical (unpaired) electrons. The molecule has 1 aromatic rings. The first-order valence-corrected chi connectivity index (χ1v) is 8.58. The van der Waals surface area contributed by atoms with Crippen molar-refractivity contribution < 1.29 is 8.42 Å². The Balaban J connectivity index is 3.18. The standard InChI is InChI=1S/C12H17Cl3N2O2S/c1-16(2)4-5-17(3)20(18,19)11-7-10(14)6-9(8-13)12(11)15/h6-7H,4-5,8H2,1-3H3. The number of halogens is 3. The molecule has 114 valence electrons. The molecule has 8 heteroatoms. The van der Waals surface area contributed by atoms with E-state index in [0.717, 1.165) is 0 Å². The van der Waals surface area contributed by atoms with Crippen molar-refractivity contribution in [3.63, 3.8) is 0 Å². The fourth-order valence-electron chi connectivity index (χ4n) is 1.53. The second-order valence-electron chi connectivity index (χ2n) is 4.64. The summed E-state index contributed by atoms with van der Waals surface area (Å²) >= 11 is 17.8. The van der Waals surface area contributed by atoms with Crippen molar-refractivity contribution in [3.05, 3.63) is 27.7 Å². The van der Waals surface area contributed by atoms with Crippen LogP contribution in [0.3, 0.4) is 0 Å². The van der Waals surface area contributed by atoms with Gasteiger partial charge in [-0.1, -0.05) is 23.2 Å². The number of likely N-dealkylation sites (N-methyl/N-ethyl adjacent to an activating group) is 2. The lowest BCUT2D eigenvalue weighted by atomic mass is 10.2. The van der Waals surface area contributed by atoms with E-state index in [-0.39, 0.29) is 15.8 Å². The molecule has 0 aliphatic heterocycles. The van der Waals surface area contributed by atoms with Crippen LogP contribution in [-0.4, -0.2) is 51.9 Å². The number of benzene rings is 1. The van der Waals surface area contributed by atoms with Crippen LogP contribution >= 0.6 is 34.8 Å². The van der Waals surface area contributed by atoms with Crippen LogP contribution in [0.1, 0.15) is 5.56 Å². The predicted molar refractivity (Wildman–Crippen MR) is 84.4 cm³/mol. The lowest BCUT2D eigenvalue weighted by Gasteiger charge is -2.20. The third-order valence-corrected chi connectivity index (χ3v) is 5.72. The SMILES string of the molecule is CN(C)CCN(C)S(=O)(=O)c1cc(Cl)cc(CCl)c1Cl. The van der Waals surface area contributed by atoms with Gasteiger partial charge in [0.15, 0.2) is 0 Å². The van der Waals surface area contributed by atoms with Crippen LogP contribution in [0.4, 0.5) is 0 Å². The number of hydrogen-bond acceptors (Lipinski definition) is 3. The van der Waals surface area contributed by atoms with Gasteiger partial charge in [-0.2, -0.15) is 4.31 Å². The Hall–Kier alpha value is -0.0400. The summed E-state index contributed by atoms with van der Waals surface area (Å²) in [7, 11) is 1.57. The van der Waals surface area contributed by atoms with Crippen molar-refractivity contribution in [1.29, 1.82) is 0 Å². The van der Waals surface area contributed by atoms with E-state index >= 15 is 0 Å². The summed E-state index contributed by atoms with van der Waals surface area (Å²) < 4.78 is 26.3. The lowest BCUT2D eigenvalue weighted by Crippen LogP contribution is -2.33. The maximum absolute atomic E-state index is 12.5. The number of alkyl halides is 1. The summed E-state index contributed by atoms with van der Waals surface area (Å²) in [5.41, 5.74) is 0.500. The topological polar surface area (TPSA) is 40.6 Å². The van der Waals surface area contributed by atoms with Crippen molar-refractivity contribution in [3.8, 4) is 0 Å². The fraction of sp³-hybridized carbons (Fsp3) is 0.500. The van der Waals surface area contributed by atoms with Crippen LogP contribution in [0, 0.1) is 0 Å². The molecule has 0 spiro atoms. The summed E-state index contributed by atoms with van der Waals surface area (Å²) in [5, 5.41) is 0.422. The Morgan fingerprint density at radius 3 is 2.20 bits per heavy atom. The maximum Gasteiger partial charge on any atom is 0.244 e. The van der Waals surface area contributed by atoms with Gasteiger partial charge in [-0.05, 0) is 31.8 Å². The zero-order valence-electron chi connectivity index (χ0n) is 11.5. The predicted octanol–water partition coefficient (Wildman–Crippen LogP) is 2.91. The van der Waals surface area contributed by atoms with E-state index in [1.165, 1.54) is 17.4 Å². The molecular weight excluding hydrogens is 343 g/mol. The first kappa shape index (κ1) is 18.0. The van der Waals surface area contributed by atoms with E-state index in [4.69, 9.17) is 34.8 Å². The Bertz CT molecular complexity index is 576. The van der Waals surface area contributed by atoms with Crippen LogP contribution in [0.25, 0.3) is 0 Å². The molecule has 0 heterocycles. The molecule has 4 nitrogen and oxygen atoms in total. The molecule has 0 bridgehead atoms. The Kier molecular flexibility index (Phi) is 6.57. The van der Waals surface area contributed by atoms with Crippen molar-refractivity contribution in [2.45, 2.75) is 10.8 Å². The van der Waals surface area contributed by atoms with Gasteiger partial charge >= 0.3 is 0 Å². The first-order chi connectivity index (χ1) is 9.20. The highest BCUT2D eigenvalue weighted by Crippen LogP contribution is 2.31. The van der Waals surface area contributed by atoms with E-state index < -0.39 is 10.0 Å². The number of nitrogens with zero attached hydrogens (tertiary/aromatic N) is 2. The van der Waals surface area contributed by atoms with Crippen molar-refractivity contribution in [2.24, 2.45) is 0 Å². The molecule has 1 aromatic carbocycles. The van der Waals surface area contributed by atoms with Crippen molar-refractivity contribution >= 4 is 44.8 Å². The van der Waals surface area contributed by atoms with Gasteiger partial charge in [-0.25, -0.2) is 8.42 Å². The molecule has 0 N–H and O–H groups in total. The summed E-state index contributed by atoms with van der Waals surface area (Å²) in [6.45, 7) is 0.963. The van der Waals surface area contributed by atoms with Crippen LogP contribution in [-0.2, 0) is 15.9 Å². The molecule has 1 rings (SSSR count). The molecule has 0 saturated heterocycles. The number of hydrogen-bond donors (Lipinski definition) is 0. The minimum absolute atomic E-state index is 0.0106. The quantitative estimate of drug-likeness (QED) is 0.733. The van der Waals surface area contributed by atoms with Gasteiger partial charge in [0.1, 0.15) is 4.90 Å². The third kappa shape index (κ3) is 4.23. The normalized spacial score (nSPS) is 12.4. The Morgan fingerprint density at radius 2 is 1.70 bits per heavy atom. The molecule has 0 amide bonds. The van der Waals surface area contributed by atoms with Gasteiger partial charge in [-0.15, -0.1) is 11.6 Å². The molecule has 0 saturated carbocycles. The Morgan fingerprint density at radius 1 is 1.10 bits per heavy atom. The zero-order chi connectivity index (χ0) is 15.5. The maximum atomic E-state index is 12.5. The van der Waals surface area contributed by atoms with Crippen LogP contribution < -0.4 is 0 Å². The zero-order valence-corrected chi connectivity index (χ0v) is 14.6. The second kappa shape index (κ2) is 7.29. The van der Waals surface area contributed by atoms with E-state index in [9.17, 15) is 8.42 Å². The van der Waals surface area contributed by atoms with Gasteiger partial charge < -0.3 is 4.90 Å². The molecule has 0 aromatic heterocycles. The average molecular weight is 360 g/mol. The summed E-state index contributed by atoms with van der Waals surface area (Å²) in [6, 6.07) is 2.91. The molecule has 20 heavy (non-hydrogen) atoms.